The molecule has 0 aliphatic carbocycles. The first-order chi connectivity index (χ1) is 8.25. The molecule has 0 aromatic carbocycles. The van der Waals surface area contributed by atoms with Crippen molar-refractivity contribution in [1.82, 2.24) is 15.5 Å². The number of rotatable bonds is 6. The number of hydrogen-bond donors (Lipinski definition) is 1. The monoisotopic (exact) mass is 251 g/mol. The molecule has 1 N–H and O–H groups in total. The number of thiophene rings is 1. The predicted octanol–water partition coefficient (Wildman–Crippen LogP) is 2.73. The van der Waals surface area contributed by atoms with Gasteiger partial charge in [0.15, 0.2) is 0 Å². The molecular weight excluding hydrogens is 234 g/mol. The summed E-state index contributed by atoms with van der Waals surface area (Å²) in [4.78, 5) is 0. The standard InChI is InChI=1S/C12H17N3OS/c1-9(2)13-6-3-4-11-14-15-12(16-11)10-5-7-17-8-10/h5,7-9,13H,3-4,6H2,1-2H3. The summed E-state index contributed by atoms with van der Waals surface area (Å²) in [6, 6.07) is 2.52. The first kappa shape index (κ1) is 12.3. The van der Waals surface area contributed by atoms with Crippen LogP contribution in [0.15, 0.2) is 21.2 Å². The molecule has 4 nitrogen and oxygen atoms in total. The Kier molecular flexibility index (Phi) is 4.28. The number of nitrogens with one attached hydrogen (secondary N) is 1. The fourth-order valence-electron chi connectivity index (χ4n) is 1.49. The van der Waals surface area contributed by atoms with E-state index in [1.165, 1.54) is 0 Å². The summed E-state index contributed by atoms with van der Waals surface area (Å²) in [7, 11) is 0. The molecule has 0 atom stereocenters. The molecule has 92 valence electrons. The maximum atomic E-state index is 5.59. The second-order valence-electron chi connectivity index (χ2n) is 4.23. The molecule has 2 aromatic rings. The Balaban J connectivity index is 1.83. The lowest BCUT2D eigenvalue weighted by Gasteiger charge is -2.05. The van der Waals surface area contributed by atoms with Crippen molar-refractivity contribution in [1.29, 1.82) is 0 Å². The van der Waals surface area contributed by atoms with Crippen LogP contribution in [0.2, 0.25) is 0 Å². The minimum absolute atomic E-state index is 0.527. The van der Waals surface area contributed by atoms with Gasteiger partial charge in [-0.25, -0.2) is 0 Å². The average Bonchev–Trinajstić information content (AvgIpc) is 2.94. The third-order valence-electron chi connectivity index (χ3n) is 2.35. The molecule has 0 radical (unpaired) electrons. The van der Waals surface area contributed by atoms with Crippen LogP contribution in [0, 0.1) is 0 Å². The molecule has 0 aliphatic heterocycles. The topological polar surface area (TPSA) is 51.0 Å². The maximum absolute atomic E-state index is 5.59. The van der Waals surface area contributed by atoms with Crippen molar-refractivity contribution in [2.45, 2.75) is 32.7 Å². The largest absolute Gasteiger partial charge is 0.421 e. The Hall–Kier alpha value is -1.20. The molecule has 0 saturated carbocycles. The second-order valence-corrected chi connectivity index (χ2v) is 5.01. The van der Waals surface area contributed by atoms with Crippen LogP contribution in [0.1, 0.15) is 26.2 Å². The zero-order chi connectivity index (χ0) is 12.1. The smallest absolute Gasteiger partial charge is 0.248 e. The van der Waals surface area contributed by atoms with Crippen molar-refractivity contribution in [3.63, 3.8) is 0 Å². The molecule has 17 heavy (non-hydrogen) atoms. The molecule has 0 fully saturated rings. The van der Waals surface area contributed by atoms with Crippen molar-refractivity contribution >= 4 is 11.3 Å². The van der Waals surface area contributed by atoms with Gasteiger partial charge in [-0.1, -0.05) is 13.8 Å². The summed E-state index contributed by atoms with van der Waals surface area (Å²) in [5.74, 6) is 1.34. The van der Waals surface area contributed by atoms with E-state index in [0.29, 0.717) is 11.9 Å². The van der Waals surface area contributed by atoms with E-state index in [0.717, 1.165) is 30.8 Å². The maximum Gasteiger partial charge on any atom is 0.248 e. The summed E-state index contributed by atoms with van der Waals surface area (Å²) in [6.45, 7) is 5.26. The summed E-state index contributed by atoms with van der Waals surface area (Å²) in [5.41, 5.74) is 1.01. The zero-order valence-electron chi connectivity index (χ0n) is 10.1. The third-order valence-corrected chi connectivity index (χ3v) is 3.04. The average molecular weight is 251 g/mol. The zero-order valence-corrected chi connectivity index (χ0v) is 11.0. The van der Waals surface area contributed by atoms with Gasteiger partial charge < -0.3 is 9.73 Å². The molecule has 2 aromatic heterocycles. The van der Waals surface area contributed by atoms with Gasteiger partial charge in [-0.3, -0.25) is 0 Å². The van der Waals surface area contributed by atoms with Crippen LogP contribution in [0.5, 0.6) is 0 Å². The van der Waals surface area contributed by atoms with Crippen molar-refractivity contribution in [3.8, 4) is 11.5 Å². The molecule has 5 heteroatoms. The van der Waals surface area contributed by atoms with Crippen LogP contribution >= 0.6 is 11.3 Å². The highest BCUT2D eigenvalue weighted by Gasteiger charge is 2.08. The first-order valence-electron chi connectivity index (χ1n) is 5.84. The van der Waals surface area contributed by atoms with Gasteiger partial charge in [0.1, 0.15) is 0 Å². The van der Waals surface area contributed by atoms with E-state index in [1.807, 2.05) is 16.8 Å². The van der Waals surface area contributed by atoms with Crippen molar-refractivity contribution in [3.05, 3.63) is 22.7 Å². The molecule has 0 aliphatic rings. The van der Waals surface area contributed by atoms with E-state index in [1.54, 1.807) is 11.3 Å². The van der Waals surface area contributed by atoms with Crippen molar-refractivity contribution in [2.24, 2.45) is 0 Å². The van der Waals surface area contributed by atoms with Crippen LogP contribution in [0.4, 0.5) is 0 Å². The highest BCUT2D eigenvalue weighted by Crippen LogP contribution is 2.20. The van der Waals surface area contributed by atoms with E-state index < -0.39 is 0 Å². The van der Waals surface area contributed by atoms with Crippen molar-refractivity contribution < 1.29 is 4.42 Å². The number of nitrogens with zero attached hydrogens (tertiary/aromatic N) is 2. The van der Waals surface area contributed by atoms with Gasteiger partial charge in [0.05, 0.1) is 0 Å². The second kappa shape index (κ2) is 5.93. The molecule has 0 amide bonds. The highest BCUT2D eigenvalue weighted by molar-refractivity contribution is 7.08. The minimum atomic E-state index is 0.527. The Bertz CT molecular complexity index is 436. The number of aromatic nitrogens is 2. The predicted molar refractivity (Wildman–Crippen MR) is 69.1 cm³/mol. The Morgan fingerprint density at radius 3 is 3.00 bits per heavy atom. The molecule has 2 heterocycles. The van der Waals surface area contributed by atoms with Crippen LogP contribution in [0.25, 0.3) is 11.5 Å². The number of hydrogen-bond acceptors (Lipinski definition) is 5. The van der Waals surface area contributed by atoms with E-state index >= 15 is 0 Å². The Labute approximate surface area is 105 Å². The molecule has 0 bridgehead atoms. The summed E-state index contributed by atoms with van der Waals surface area (Å²) >= 11 is 1.63. The van der Waals surface area contributed by atoms with Gasteiger partial charge >= 0.3 is 0 Å². The molecule has 0 unspecified atom stereocenters. The number of aryl methyl sites for hydroxylation is 1. The fraction of sp³-hybridized carbons (Fsp3) is 0.500. The lowest BCUT2D eigenvalue weighted by Crippen LogP contribution is -2.23. The molecule has 0 saturated heterocycles. The molecular formula is C12H17N3OS. The Morgan fingerprint density at radius 2 is 2.29 bits per heavy atom. The van der Waals surface area contributed by atoms with Crippen LogP contribution in [0.3, 0.4) is 0 Å². The van der Waals surface area contributed by atoms with Gasteiger partial charge in [-0.05, 0) is 24.4 Å². The SMILES string of the molecule is CC(C)NCCCc1nnc(-c2ccsc2)o1. The highest BCUT2D eigenvalue weighted by atomic mass is 32.1. The van der Waals surface area contributed by atoms with E-state index in [4.69, 9.17) is 4.42 Å². The van der Waals surface area contributed by atoms with Gasteiger partial charge in [-0.15, -0.1) is 10.2 Å². The van der Waals surface area contributed by atoms with Gasteiger partial charge in [0.25, 0.3) is 0 Å². The van der Waals surface area contributed by atoms with E-state index in [2.05, 4.69) is 29.4 Å². The van der Waals surface area contributed by atoms with Crippen LogP contribution in [-0.2, 0) is 6.42 Å². The van der Waals surface area contributed by atoms with Crippen LogP contribution in [-0.4, -0.2) is 22.8 Å². The third kappa shape index (κ3) is 3.64. The van der Waals surface area contributed by atoms with Gasteiger partial charge in [0, 0.05) is 23.4 Å². The fourth-order valence-corrected chi connectivity index (χ4v) is 2.12. The molecule has 0 spiro atoms. The lowest BCUT2D eigenvalue weighted by molar-refractivity contribution is 0.484. The van der Waals surface area contributed by atoms with E-state index in [-0.39, 0.29) is 0 Å². The van der Waals surface area contributed by atoms with Gasteiger partial charge in [-0.2, -0.15) is 11.3 Å². The lowest BCUT2D eigenvalue weighted by atomic mass is 10.3. The summed E-state index contributed by atoms with van der Waals surface area (Å²) < 4.78 is 5.59. The summed E-state index contributed by atoms with van der Waals surface area (Å²) in [6.07, 6.45) is 1.85. The van der Waals surface area contributed by atoms with Crippen molar-refractivity contribution in [2.75, 3.05) is 6.54 Å². The Morgan fingerprint density at radius 1 is 1.41 bits per heavy atom. The van der Waals surface area contributed by atoms with E-state index in [9.17, 15) is 0 Å². The first-order valence-corrected chi connectivity index (χ1v) is 6.78. The quantitative estimate of drug-likeness (QED) is 0.802. The summed E-state index contributed by atoms with van der Waals surface area (Å²) in [5, 5.41) is 15.5. The molecule has 2 rings (SSSR count). The normalized spacial score (nSPS) is 11.2. The minimum Gasteiger partial charge on any atom is -0.421 e. The van der Waals surface area contributed by atoms with Crippen LogP contribution < -0.4 is 5.32 Å². The van der Waals surface area contributed by atoms with Gasteiger partial charge in [0.2, 0.25) is 11.8 Å².